The van der Waals surface area contributed by atoms with Gasteiger partial charge < -0.3 is 4.74 Å². The van der Waals surface area contributed by atoms with Crippen molar-refractivity contribution in [2.75, 3.05) is 26.3 Å². The maximum atomic E-state index is 5.65. The van der Waals surface area contributed by atoms with E-state index in [4.69, 9.17) is 4.74 Å². The third kappa shape index (κ3) is 3.43. The lowest BCUT2D eigenvalue weighted by Gasteiger charge is -2.35. The van der Waals surface area contributed by atoms with Crippen molar-refractivity contribution >= 4 is 6.08 Å². The third-order valence-electron chi connectivity index (χ3n) is 3.95. The molecule has 1 unspecified atom stereocenters. The van der Waals surface area contributed by atoms with Crippen molar-refractivity contribution in [1.29, 1.82) is 0 Å². The van der Waals surface area contributed by atoms with Gasteiger partial charge >= 0.3 is 0 Å². The van der Waals surface area contributed by atoms with E-state index in [1.807, 2.05) is 17.8 Å². The number of ether oxygens (including phenoxy) is 1. The van der Waals surface area contributed by atoms with E-state index in [9.17, 15) is 0 Å². The number of rotatable bonds is 4. The van der Waals surface area contributed by atoms with E-state index in [0.717, 1.165) is 25.5 Å². The Labute approximate surface area is 131 Å². The largest absolute Gasteiger partial charge is 0.378 e. The molecule has 0 radical (unpaired) electrons. The SMILES string of the molecule is C/C(=C\c1ccccc1)CN1CCOCC1c1ncnn1C. The lowest BCUT2D eigenvalue weighted by Crippen LogP contribution is -2.41. The fraction of sp³-hybridized carbons (Fsp3) is 0.412. The van der Waals surface area contributed by atoms with E-state index in [2.05, 4.69) is 52.2 Å². The van der Waals surface area contributed by atoms with Gasteiger partial charge in [-0.15, -0.1) is 0 Å². The summed E-state index contributed by atoms with van der Waals surface area (Å²) >= 11 is 0. The van der Waals surface area contributed by atoms with E-state index in [1.165, 1.54) is 11.1 Å². The zero-order chi connectivity index (χ0) is 15.4. The molecule has 0 N–H and O–H groups in total. The molecule has 2 aromatic rings. The van der Waals surface area contributed by atoms with Gasteiger partial charge in [-0.3, -0.25) is 9.58 Å². The minimum Gasteiger partial charge on any atom is -0.378 e. The highest BCUT2D eigenvalue weighted by molar-refractivity contribution is 5.52. The summed E-state index contributed by atoms with van der Waals surface area (Å²) in [5.41, 5.74) is 2.57. The molecule has 1 fully saturated rings. The first-order chi connectivity index (χ1) is 10.7. The number of benzene rings is 1. The van der Waals surface area contributed by atoms with Crippen LogP contribution in [0.5, 0.6) is 0 Å². The lowest BCUT2D eigenvalue weighted by molar-refractivity contribution is -0.00815. The Morgan fingerprint density at radius 3 is 2.91 bits per heavy atom. The van der Waals surface area contributed by atoms with E-state index in [0.29, 0.717) is 6.61 Å². The average Bonchev–Trinajstić information content (AvgIpc) is 2.95. The van der Waals surface area contributed by atoms with Crippen LogP contribution < -0.4 is 0 Å². The summed E-state index contributed by atoms with van der Waals surface area (Å²) < 4.78 is 7.48. The Hall–Kier alpha value is -1.98. The van der Waals surface area contributed by atoms with Crippen molar-refractivity contribution in [3.63, 3.8) is 0 Å². The first kappa shape index (κ1) is 14.9. The van der Waals surface area contributed by atoms with Crippen LogP contribution in [0, 0.1) is 0 Å². The van der Waals surface area contributed by atoms with Crippen molar-refractivity contribution < 1.29 is 4.74 Å². The Morgan fingerprint density at radius 1 is 1.36 bits per heavy atom. The van der Waals surface area contributed by atoms with Gasteiger partial charge in [0.2, 0.25) is 0 Å². The highest BCUT2D eigenvalue weighted by atomic mass is 16.5. The predicted octanol–water partition coefficient (Wildman–Crippen LogP) is 2.29. The predicted molar refractivity (Wildman–Crippen MR) is 86.2 cm³/mol. The number of aromatic nitrogens is 3. The molecule has 0 aliphatic carbocycles. The van der Waals surface area contributed by atoms with Crippen molar-refractivity contribution in [1.82, 2.24) is 19.7 Å². The van der Waals surface area contributed by atoms with E-state index in [1.54, 1.807) is 6.33 Å². The topological polar surface area (TPSA) is 43.2 Å². The maximum absolute atomic E-state index is 5.65. The Balaban J connectivity index is 1.74. The van der Waals surface area contributed by atoms with Crippen LogP contribution in [0.1, 0.15) is 24.4 Å². The molecule has 1 aliphatic heterocycles. The Bertz CT molecular complexity index is 635. The molecule has 116 valence electrons. The van der Waals surface area contributed by atoms with Gasteiger partial charge in [0, 0.05) is 20.1 Å². The van der Waals surface area contributed by atoms with Crippen LogP contribution >= 0.6 is 0 Å². The van der Waals surface area contributed by atoms with Crippen molar-refractivity contribution in [2.45, 2.75) is 13.0 Å². The molecule has 0 saturated carbocycles. The molecule has 1 aliphatic rings. The highest BCUT2D eigenvalue weighted by Crippen LogP contribution is 2.23. The molecule has 0 bridgehead atoms. The van der Waals surface area contributed by atoms with Crippen LogP contribution in [-0.2, 0) is 11.8 Å². The van der Waals surface area contributed by atoms with Crippen molar-refractivity contribution in [3.8, 4) is 0 Å². The molecule has 22 heavy (non-hydrogen) atoms. The number of hydrogen-bond acceptors (Lipinski definition) is 4. The smallest absolute Gasteiger partial charge is 0.146 e. The molecular formula is C17H22N4O. The lowest BCUT2D eigenvalue weighted by atomic mass is 10.1. The second kappa shape index (κ2) is 6.85. The third-order valence-corrected chi connectivity index (χ3v) is 3.95. The average molecular weight is 298 g/mol. The summed E-state index contributed by atoms with van der Waals surface area (Å²) in [5.74, 6) is 0.965. The second-order valence-electron chi connectivity index (χ2n) is 5.70. The first-order valence-corrected chi connectivity index (χ1v) is 7.62. The van der Waals surface area contributed by atoms with Gasteiger partial charge in [0.05, 0.1) is 19.3 Å². The summed E-state index contributed by atoms with van der Waals surface area (Å²) in [6, 6.07) is 10.6. The highest BCUT2D eigenvalue weighted by Gasteiger charge is 2.27. The quantitative estimate of drug-likeness (QED) is 0.868. The van der Waals surface area contributed by atoms with Gasteiger partial charge in [-0.1, -0.05) is 42.0 Å². The first-order valence-electron chi connectivity index (χ1n) is 7.62. The van der Waals surface area contributed by atoms with Crippen molar-refractivity contribution in [2.24, 2.45) is 7.05 Å². The van der Waals surface area contributed by atoms with Gasteiger partial charge in [0.15, 0.2) is 0 Å². The zero-order valence-corrected chi connectivity index (χ0v) is 13.1. The van der Waals surface area contributed by atoms with Crippen molar-refractivity contribution in [3.05, 3.63) is 53.6 Å². The normalized spacial score (nSPS) is 20.3. The molecule has 1 aromatic heterocycles. The number of morpholine rings is 1. The minimum atomic E-state index is 0.167. The van der Waals surface area contributed by atoms with Gasteiger partial charge in [0.25, 0.3) is 0 Å². The van der Waals surface area contributed by atoms with E-state index in [-0.39, 0.29) is 6.04 Å². The summed E-state index contributed by atoms with van der Waals surface area (Å²) in [6.07, 6.45) is 3.85. The molecule has 0 spiro atoms. The standard InChI is InChI=1S/C17H22N4O/c1-14(10-15-6-4-3-5-7-15)11-21-8-9-22-12-16(21)17-18-13-19-20(17)2/h3-7,10,13,16H,8-9,11-12H2,1-2H3/b14-10+. The van der Waals surface area contributed by atoms with Crippen LogP contribution in [0.4, 0.5) is 0 Å². The van der Waals surface area contributed by atoms with Gasteiger partial charge in [-0.2, -0.15) is 5.10 Å². The number of nitrogens with zero attached hydrogens (tertiary/aromatic N) is 4. The fourth-order valence-electron chi connectivity index (χ4n) is 2.87. The van der Waals surface area contributed by atoms with Crippen LogP contribution in [0.15, 0.2) is 42.2 Å². The number of aryl methyl sites for hydroxylation is 1. The molecular weight excluding hydrogens is 276 g/mol. The summed E-state index contributed by atoms with van der Waals surface area (Å²) in [4.78, 5) is 6.81. The number of hydrogen-bond donors (Lipinski definition) is 0. The van der Waals surface area contributed by atoms with Crippen LogP contribution in [0.25, 0.3) is 6.08 Å². The molecule has 2 heterocycles. The van der Waals surface area contributed by atoms with Crippen LogP contribution in [0.2, 0.25) is 0 Å². The van der Waals surface area contributed by atoms with Gasteiger partial charge in [-0.05, 0) is 12.5 Å². The van der Waals surface area contributed by atoms with E-state index < -0.39 is 0 Å². The molecule has 0 amide bonds. The Morgan fingerprint density at radius 2 is 2.18 bits per heavy atom. The Kier molecular flexibility index (Phi) is 4.65. The summed E-state index contributed by atoms with van der Waals surface area (Å²) in [6.45, 7) is 5.45. The second-order valence-corrected chi connectivity index (χ2v) is 5.70. The van der Waals surface area contributed by atoms with Gasteiger partial charge in [0.1, 0.15) is 12.2 Å². The zero-order valence-electron chi connectivity index (χ0n) is 13.1. The van der Waals surface area contributed by atoms with E-state index >= 15 is 0 Å². The van der Waals surface area contributed by atoms with Gasteiger partial charge in [-0.25, -0.2) is 4.98 Å². The van der Waals surface area contributed by atoms with Crippen LogP contribution in [0.3, 0.4) is 0 Å². The molecule has 1 aromatic carbocycles. The summed E-state index contributed by atoms with van der Waals surface area (Å²) in [5, 5.41) is 4.18. The summed E-state index contributed by atoms with van der Waals surface area (Å²) in [7, 11) is 1.93. The fourth-order valence-corrected chi connectivity index (χ4v) is 2.87. The van der Waals surface area contributed by atoms with Crippen LogP contribution in [-0.4, -0.2) is 46.0 Å². The molecule has 1 atom stereocenters. The maximum Gasteiger partial charge on any atom is 0.146 e. The molecule has 5 nitrogen and oxygen atoms in total. The molecule has 1 saturated heterocycles. The monoisotopic (exact) mass is 298 g/mol. The molecule has 3 rings (SSSR count). The minimum absolute atomic E-state index is 0.167. The molecule has 5 heteroatoms.